The molecule has 18 heavy (non-hydrogen) atoms. The number of aliphatic hydroxyl groups is 1. The lowest BCUT2D eigenvalue weighted by Gasteiger charge is -2.26. The Labute approximate surface area is 107 Å². The number of aromatic nitrogens is 2. The van der Waals surface area contributed by atoms with Crippen LogP contribution in [0.2, 0.25) is 0 Å². The van der Waals surface area contributed by atoms with Gasteiger partial charge in [-0.2, -0.15) is 0 Å². The van der Waals surface area contributed by atoms with Crippen LogP contribution in [-0.4, -0.2) is 41.4 Å². The molecule has 1 aromatic heterocycles. The van der Waals surface area contributed by atoms with Crippen LogP contribution in [-0.2, 0) is 6.54 Å². The average Bonchev–Trinajstić information content (AvgIpc) is 2.35. The minimum absolute atomic E-state index is 0.138. The van der Waals surface area contributed by atoms with Gasteiger partial charge in [0.15, 0.2) is 0 Å². The van der Waals surface area contributed by atoms with Crippen molar-refractivity contribution >= 4 is 0 Å². The number of nitrogens with one attached hydrogen (secondary N) is 1. The van der Waals surface area contributed by atoms with E-state index in [1.165, 1.54) is 6.33 Å². The number of aliphatic hydroxyl groups excluding tert-OH is 1. The van der Waals surface area contributed by atoms with Crippen LogP contribution in [0, 0.1) is 0 Å². The van der Waals surface area contributed by atoms with Crippen LogP contribution in [0.3, 0.4) is 0 Å². The van der Waals surface area contributed by atoms with E-state index in [4.69, 9.17) is 14.6 Å². The minimum Gasteiger partial charge on any atom is -0.481 e. The van der Waals surface area contributed by atoms with E-state index in [1.54, 1.807) is 14.2 Å². The first-order chi connectivity index (χ1) is 8.54. The maximum absolute atomic E-state index is 8.99. The van der Waals surface area contributed by atoms with Gasteiger partial charge in [0.2, 0.25) is 11.8 Å². The predicted octanol–water partition coefficient (Wildman–Crippen LogP) is 0.744. The molecule has 0 aliphatic carbocycles. The predicted molar refractivity (Wildman–Crippen MR) is 67.8 cm³/mol. The van der Waals surface area contributed by atoms with Crippen LogP contribution in [0.5, 0.6) is 11.8 Å². The van der Waals surface area contributed by atoms with Gasteiger partial charge < -0.3 is 19.9 Å². The molecular weight excluding hydrogens is 234 g/mol. The second kappa shape index (κ2) is 6.51. The minimum atomic E-state index is -0.180. The Bertz CT molecular complexity index is 361. The van der Waals surface area contributed by atoms with Crippen LogP contribution in [0.15, 0.2) is 6.33 Å². The van der Waals surface area contributed by atoms with Crippen molar-refractivity contribution < 1.29 is 14.6 Å². The molecule has 0 amide bonds. The summed E-state index contributed by atoms with van der Waals surface area (Å²) < 4.78 is 10.4. The second-order valence-corrected chi connectivity index (χ2v) is 4.58. The molecule has 1 rings (SSSR count). The number of ether oxygens (including phenoxy) is 2. The fourth-order valence-corrected chi connectivity index (χ4v) is 1.58. The monoisotopic (exact) mass is 255 g/mol. The molecule has 0 saturated heterocycles. The van der Waals surface area contributed by atoms with E-state index in [1.807, 2.05) is 13.8 Å². The highest BCUT2D eigenvalue weighted by molar-refractivity contribution is 5.34. The van der Waals surface area contributed by atoms with Crippen LogP contribution in [0.25, 0.3) is 0 Å². The fourth-order valence-electron chi connectivity index (χ4n) is 1.58. The molecule has 0 bridgehead atoms. The summed E-state index contributed by atoms with van der Waals surface area (Å²) >= 11 is 0. The Balaban J connectivity index is 2.83. The molecule has 0 aliphatic heterocycles. The van der Waals surface area contributed by atoms with E-state index in [0.29, 0.717) is 24.7 Å². The normalized spacial score (nSPS) is 11.4. The first kappa shape index (κ1) is 14.7. The summed E-state index contributed by atoms with van der Waals surface area (Å²) in [6.45, 7) is 4.69. The van der Waals surface area contributed by atoms with Crippen LogP contribution < -0.4 is 14.8 Å². The molecule has 0 aromatic carbocycles. The Morgan fingerprint density at radius 2 is 1.78 bits per heavy atom. The third kappa shape index (κ3) is 3.82. The molecule has 0 unspecified atom stereocenters. The quantitative estimate of drug-likeness (QED) is 0.748. The Hall–Kier alpha value is -1.40. The van der Waals surface area contributed by atoms with Crippen LogP contribution in [0.4, 0.5) is 0 Å². The van der Waals surface area contributed by atoms with Gasteiger partial charge in [0.05, 0.1) is 19.8 Å². The SMILES string of the molecule is COc1ncnc(OC)c1CNC(C)(C)CCO. The average molecular weight is 255 g/mol. The fraction of sp³-hybridized carbons (Fsp3) is 0.667. The van der Waals surface area contributed by atoms with Crippen molar-refractivity contribution in [2.45, 2.75) is 32.4 Å². The lowest BCUT2D eigenvalue weighted by molar-refractivity contribution is 0.228. The van der Waals surface area contributed by atoms with E-state index in [-0.39, 0.29) is 12.1 Å². The maximum atomic E-state index is 8.99. The number of hydrogen-bond acceptors (Lipinski definition) is 6. The van der Waals surface area contributed by atoms with Crippen molar-refractivity contribution in [1.29, 1.82) is 0 Å². The lowest BCUT2D eigenvalue weighted by atomic mass is 10.0. The highest BCUT2D eigenvalue weighted by Crippen LogP contribution is 2.24. The lowest BCUT2D eigenvalue weighted by Crippen LogP contribution is -2.39. The summed E-state index contributed by atoms with van der Waals surface area (Å²) in [6, 6.07) is 0. The molecule has 0 atom stereocenters. The first-order valence-electron chi connectivity index (χ1n) is 5.82. The van der Waals surface area contributed by atoms with E-state index in [0.717, 1.165) is 5.56 Å². The molecule has 6 heteroatoms. The number of nitrogens with zero attached hydrogens (tertiary/aromatic N) is 2. The van der Waals surface area contributed by atoms with Gasteiger partial charge in [-0.15, -0.1) is 0 Å². The topological polar surface area (TPSA) is 76.5 Å². The van der Waals surface area contributed by atoms with Crippen molar-refractivity contribution in [3.63, 3.8) is 0 Å². The smallest absolute Gasteiger partial charge is 0.224 e. The van der Waals surface area contributed by atoms with Gasteiger partial charge in [-0.25, -0.2) is 9.97 Å². The third-order valence-corrected chi connectivity index (χ3v) is 2.73. The summed E-state index contributed by atoms with van der Waals surface area (Å²) in [5.41, 5.74) is 0.592. The summed E-state index contributed by atoms with van der Waals surface area (Å²) in [6.07, 6.45) is 2.06. The van der Waals surface area contributed by atoms with Crippen LogP contribution in [0.1, 0.15) is 25.8 Å². The van der Waals surface area contributed by atoms with Gasteiger partial charge in [-0.1, -0.05) is 0 Å². The number of methoxy groups -OCH3 is 2. The zero-order valence-corrected chi connectivity index (χ0v) is 11.4. The summed E-state index contributed by atoms with van der Waals surface area (Å²) in [4.78, 5) is 8.10. The highest BCUT2D eigenvalue weighted by Gasteiger charge is 2.19. The van der Waals surface area contributed by atoms with Gasteiger partial charge in [0.1, 0.15) is 6.33 Å². The summed E-state index contributed by atoms with van der Waals surface area (Å²) in [7, 11) is 3.12. The van der Waals surface area contributed by atoms with Gasteiger partial charge >= 0.3 is 0 Å². The Morgan fingerprint density at radius 3 is 2.22 bits per heavy atom. The van der Waals surface area contributed by atoms with Gasteiger partial charge in [-0.05, 0) is 20.3 Å². The van der Waals surface area contributed by atoms with E-state index >= 15 is 0 Å². The molecule has 1 heterocycles. The Morgan fingerprint density at radius 1 is 1.22 bits per heavy atom. The van der Waals surface area contributed by atoms with Crippen molar-refractivity contribution in [2.75, 3.05) is 20.8 Å². The van der Waals surface area contributed by atoms with Gasteiger partial charge in [0, 0.05) is 18.7 Å². The van der Waals surface area contributed by atoms with Crippen LogP contribution >= 0.6 is 0 Å². The largest absolute Gasteiger partial charge is 0.481 e. The maximum Gasteiger partial charge on any atom is 0.224 e. The molecule has 2 N–H and O–H groups in total. The number of hydrogen-bond donors (Lipinski definition) is 2. The van der Waals surface area contributed by atoms with Crippen molar-refractivity contribution in [3.05, 3.63) is 11.9 Å². The molecule has 0 spiro atoms. The molecule has 0 saturated carbocycles. The third-order valence-electron chi connectivity index (χ3n) is 2.73. The second-order valence-electron chi connectivity index (χ2n) is 4.58. The first-order valence-corrected chi connectivity index (χ1v) is 5.82. The zero-order valence-electron chi connectivity index (χ0n) is 11.4. The van der Waals surface area contributed by atoms with Crippen molar-refractivity contribution in [3.8, 4) is 11.8 Å². The van der Waals surface area contributed by atoms with E-state index in [2.05, 4.69) is 15.3 Å². The van der Waals surface area contributed by atoms with Crippen molar-refractivity contribution in [1.82, 2.24) is 15.3 Å². The van der Waals surface area contributed by atoms with E-state index in [9.17, 15) is 0 Å². The Kier molecular flexibility index (Phi) is 5.30. The molecule has 6 nitrogen and oxygen atoms in total. The summed E-state index contributed by atoms with van der Waals surface area (Å²) in [5.74, 6) is 0.989. The van der Waals surface area contributed by atoms with Gasteiger partial charge in [-0.3, -0.25) is 0 Å². The highest BCUT2D eigenvalue weighted by atomic mass is 16.5. The van der Waals surface area contributed by atoms with E-state index < -0.39 is 0 Å². The standard InChI is InChI=1S/C12H21N3O3/c1-12(2,5-6-16)15-7-9-10(17-3)13-8-14-11(9)18-4/h8,15-16H,5-7H2,1-4H3. The van der Waals surface area contributed by atoms with Crippen molar-refractivity contribution in [2.24, 2.45) is 0 Å². The molecule has 0 radical (unpaired) electrons. The molecular formula is C12H21N3O3. The molecule has 0 fully saturated rings. The number of rotatable bonds is 7. The molecule has 0 aliphatic rings. The van der Waals surface area contributed by atoms with Gasteiger partial charge in [0.25, 0.3) is 0 Å². The molecule has 1 aromatic rings. The zero-order chi connectivity index (χ0) is 13.6. The summed E-state index contributed by atoms with van der Waals surface area (Å²) in [5, 5.41) is 12.3. The molecule has 102 valence electrons.